The highest BCUT2D eigenvalue weighted by Gasteiger charge is 2.50. The van der Waals surface area contributed by atoms with Crippen LogP contribution in [0.4, 0.5) is 0 Å². The van der Waals surface area contributed by atoms with E-state index in [0.29, 0.717) is 5.41 Å². The fourth-order valence-electron chi connectivity index (χ4n) is 3.28. The molecule has 1 radical (unpaired) electrons. The maximum atomic E-state index is 4.11. The molecule has 15 heavy (non-hydrogen) atoms. The summed E-state index contributed by atoms with van der Waals surface area (Å²) in [5, 5.41) is 0. The molecule has 3 rings (SSSR count). The zero-order valence-electron chi connectivity index (χ0n) is 9.15. The zero-order valence-corrected chi connectivity index (χ0v) is 9.15. The normalized spacial score (nSPS) is 24.9. The van der Waals surface area contributed by atoms with Gasteiger partial charge in [0.1, 0.15) is 0 Å². The quantitative estimate of drug-likeness (QED) is 0.709. The van der Waals surface area contributed by atoms with E-state index in [9.17, 15) is 0 Å². The van der Waals surface area contributed by atoms with Crippen LogP contribution in [0.2, 0.25) is 0 Å². The highest BCUT2D eigenvalue weighted by Crippen LogP contribution is 2.51. The second kappa shape index (κ2) is 3.34. The molecule has 0 bridgehead atoms. The molecule has 0 atom stereocenters. The molecule has 0 amide bonds. The summed E-state index contributed by atoms with van der Waals surface area (Å²) in [6, 6.07) is 10.8. The Morgan fingerprint density at radius 3 is 2.47 bits per heavy atom. The van der Waals surface area contributed by atoms with Crippen LogP contribution in [0.15, 0.2) is 30.3 Å². The van der Waals surface area contributed by atoms with Gasteiger partial charge in [-0.25, -0.2) is 0 Å². The third kappa shape index (κ3) is 1.69. The largest absolute Gasteiger partial charge is 0.298 e. The van der Waals surface area contributed by atoms with Crippen LogP contribution in [0.5, 0.6) is 0 Å². The van der Waals surface area contributed by atoms with Crippen LogP contribution in [0, 0.1) is 18.3 Å². The Hall–Kier alpha value is -0.820. The molecule has 1 saturated heterocycles. The van der Waals surface area contributed by atoms with Crippen molar-refractivity contribution in [3.8, 4) is 0 Å². The van der Waals surface area contributed by atoms with Gasteiger partial charge in [0.25, 0.3) is 0 Å². The maximum Gasteiger partial charge on any atom is 0.0234 e. The Kier molecular flexibility index (Phi) is 2.10. The molecule has 1 aromatic rings. The van der Waals surface area contributed by atoms with Gasteiger partial charge in [0, 0.05) is 19.6 Å². The first-order valence-corrected chi connectivity index (χ1v) is 5.85. The van der Waals surface area contributed by atoms with Crippen LogP contribution in [0.3, 0.4) is 0 Å². The SMILES string of the molecule is [CH2]C1CC2(C1)CN(Cc1ccccc1)C2. The molecule has 2 aliphatic rings. The van der Waals surface area contributed by atoms with E-state index in [1.54, 1.807) is 0 Å². The Morgan fingerprint density at radius 1 is 1.20 bits per heavy atom. The van der Waals surface area contributed by atoms with Crippen molar-refractivity contribution in [3.63, 3.8) is 0 Å². The minimum Gasteiger partial charge on any atom is -0.298 e. The Labute approximate surface area is 92.1 Å². The van der Waals surface area contributed by atoms with Crippen molar-refractivity contribution in [2.45, 2.75) is 19.4 Å². The standard InChI is InChI=1S/C14H18N/c1-12-7-14(8-12)10-15(11-14)9-13-5-3-2-4-6-13/h2-6,12H,1,7-11H2. The molecular formula is C14H18N. The van der Waals surface area contributed by atoms with Crippen LogP contribution in [0.1, 0.15) is 18.4 Å². The second-order valence-corrected chi connectivity index (χ2v) is 5.41. The summed E-state index contributed by atoms with van der Waals surface area (Å²) in [6.07, 6.45) is 2.72. The number of rotatable bonds is 2. The number of likely N-dealkylation sites (tertiary alicyclic amines) is 1. The number of benzene rings is 1. The molecule has 0 N–H and O–H groups in total. The van der Waals surface area contributed by atoms with E-state index in [1.165, 1.54) is 31.5 Å². The van der Waals surface area contributed by atoms with Gasteiger partial charge in [0.15, 0.2) is 0 Å². The van der Waals surface area contributed by atoms with Crippen molar-refractivity contribution < 1.29 is 0 Å². The molecule has 2 fully saturated rings. The van der Waals surface area contributed by atoms with Gasteiger partial charge in [-0.2, -0.15) is 0 Å². The van der Waals surface area contributed by atoms with Crippen molar-refractivity contribution in [1.29, 1.82) is 0 Å². The van der Waals surface area contributed by atoms with Gasteiger partial charge in [-0.1, -0.05) is 37.3 Å². The van der Waals surface area contributed by atoms with Crippen LogP contribution < -0.4 is 0 Å². The van der Waals surface area contributed by atoms with Crippen molar-refractivity contribution in [2.75, 3.05) is 13.1 Å². The minimum atomic E-state index is 0.682. The summed E-state index contributed by atoms with van der Waals surface area (Å²) in [4.78, 5) is 2.56. The monoisotopic (exact) mass is 200 g/mol. The lowest BCUT2D eigenvalue weighted by molar-refractivity contribution is -0.0866. The molecule has 1 nitrogen and oxygen atoms in total. The van der Waals surface area contributed by atoms with Crippen LogP contribution in [-0.2, 0) is 6.54 Å². The topological polar surface area (TPSA) is 3.24 Å². The first-order chi connectivity index (χ1) is 7.26. The molecule has 1 heterocycles. The Bertz CT molecular complexity index is 330. The Balaban J connectivity index is 1.52. The minimum absolute atomic E-state index is 0.682. The average Bonchev–Trinajstić information content (AvgIpc) is 2.14. The molecule has 1 aromatic carbocycles. The van der Waals surface area contributed by atoms with E-state index in [-0.39, 0.29) is 0 Å². The predicted octanol–water partition coefficient (Wildman–Crippen LogP) is 2.73. The van der Waals surface area contributed by atoms with E-state index in [2.05, 4.69) is 42.2 Å². The third-order valence-corrected chi connectivity index (χ3v) is 3.81. The van der Waals surface area contributed by atoms with E-state index in [0.717, 1.165) is 12.5 Å². The van der Waals surface area contributed by atoms with Gasteiger partial charge in [0.05, 0.1) is 0 Å². The average molecular weight is 200 g/mol. The lowest BCUT2D eigenvalue weighted by Gasteiger charge is -2.58. The van der Waals surface area contributed by atoms with E-state index in [1.807, 2.05) is 0 Å². The maximum absolute atomic E-state index is 4.11. The smallest absolute Gasteiger partial charge is 0.0234 e. The van der Waals surface area contributed by atoms with Gasteiger partial charge in [-0.15, -0.1) is 0 Å². The van der Waals surface area contributed by atoms with E-state index >= 15 is 0 Å². The van der Waals surface area contributed by atoms with Crippen molar-refractivity contribution in [3.05, 3.63) is 42.8 Å². The van der Waals surface area contributed by atoms with Gasteiger partial charge < -0.3 is 0 Å². The summed E-state index contributed by atoms with van der Waals surface area (Å²) in [5.74, 6) is 0.740. The lowest BCUT2D eigenvalue weighted by atomic mass is 9.58. The summed E-state index contributed by atoms with van der Waals surface area (Å²) < 4.78 is 0. The van der Waals surface area contributed by atoms with Crippen molar-refractivity contribution >= 4 is 0 Å². The zero-order chi connectivity index (χ0) is 10.3. The molecule has 1 aliphatic carbocycles. The second-order valence-electron chi connectivity index (χ2n) is 5.41. The molecule has 1 saturated carbocycles. The van der Waals surface area contributed by atoms with Crippen LogP contribution in [0.25, 0.3) is 0 Å². The fourth-order valence-corrected chi connectivity index (χ4v) is 3.28. The summed E-state index contributed by atoms with van der Waals surface area (Å²) >= 11 is 0. The van der Waals surface area contributed by atoms with Crippen molar-refractivity contribution in [2.24, 2.45) is 11.3 Å². The number of hydrogen-bond acceptors (Lipinski definition) is 1. The predicted molar refractivity (Wildman–Crippen MR) is 62.2 cm³/mol. The Morgan fingerprint density at radius 2 is 1.87 bits per heavy atom. The molecule has 1 aliphatic heterocycles. The van der Waals surface area contributed by atoms with Crippen LogP contribution in [-0.4, -0.2) is 18.0 Å². The van der Waals surface area contributed by atoms with Gasteiger partial charge in [0.2, 0.25) is 0 Å². The van der Waals surface area contributed by atoms with E-state index in [4.69, 9.17) is 0 Å². The summed E-state index contributed by atoms with van der Waals surface area (Å²) in [5.41, 5.74) is 2.12. The first-order valence-electron chi connectivity index (χ1n) is 5.85. The molecule has 1 heteroatoms. The lowest BCUT2D eigenvalue weighted by Crippen LogP contribution is -2.61. The molecular weight excluding hydrogens is 182 g/mol. The molecule has 0 unspecified atom stereocenters. The van der Waals surface area contributed by atoms with Gasteiger partial charge in [-0.05, 0) is 29.7 Å². The highest BCUT2D eigenvalue weighted by atomic mass is 15.2. The van der Waals surface area contributed by atoms with Crippen molar-refractivity contribution in [1.82, 2.24) is 4.90 Å². The number of hydrogen-bond donors (Lipinski definition) is 0. The highest BCUT2D eigenvalue weighted by molar-refractivity contribution is 5.16. The van der Waals surface area contributed by atoms with Gasteiger partial charge in [-0.3, -0.25) is 4.90 Å². The molecule has 79 valence electrons. The fraction of sp³-hybridized carbons (Fsp3) is 0.500. The third-order valence-electron chi connectivity index (χ3n) is 3.81. The van der Waals surface area contributed by atoms with E-state index < -0.39 is 0 Å². The van der Waals surface area contributed by atoms with Crippen LogP contribution >= 0.6 is 0 Å². The molecule has 1 spiro atoms. The first kappa shape index (κ1) is 9.41. The van der Waals surface area contributed by atoms with Gasteiger partial charge >= 0.3 is 0 Å². The summed E-state index contributed by atoms with van der Waals surface area (Å²) in [7, 11) is 0. The molecule has 0 aromatic heterocycles. The number of nitrogens with zero attached hydrogens (tertiary/aromatic N) is 1. The summed E-state index contributed by atoms with van der Waals surface area (Å²) in [6.45, 7) is 7.84.